The van der Waals surface area contributed by atoms with E-state index in [1.807, 2.05) is 54.6 Å². The van der Waals surface area contributed by atoms with Crippen molar-refractivity contribution in [2.24, 2.45) is 0 Å². The van der Waals surface area contributed by atoms with Gasteiger partial charge in [-0.05, 0) is 23.8 Å². The molecule has 0 unspecified atom stereocenters. The average Bonchev–Trinajstić information content (AvgIpc) is 2.59. The van der Waals surface area contributed by atoms with Gasteiger partial charge in [0.1, 0.15) is 24.4 Å². The van der Waals surface area contributed by atoms with E-state index in [0.29, 0.717) is 12.2 Å². The minimum atomic E-state index is 0.415. The first kappa shape index (κ1) is 14.1. The van der Waals surface area contributed by atoms with Crippen LogP contribution >= 0.6 is 0 Å². The van der Waals surface area contributed by atoms with Gasteiger partial charge >= 0.3 is 0 Å². The SMILES string of the molecule is COc1ccc(OCc2cccc(C=O)c2)c2ccccc12. The summed E-state index contributed by atoms with van der Waals surface area (Å²) in [6.45, 7) is 0.415. The van der Waals surface area contributed by atoms with Crippen LogP contribution in [0.25, 0.3) is 10.8 Å². The predicted molar refractivity (Wildman–Crippen MR) is 86.7 cm³/mol. The maximum absolute atomic E-state index is 10.8. The van der Waals surface area contributed by atoms with Crippen molar-refractivity contribution in [3.8, 4) is 11.5 Å². The number of carbonyl (C=O) groups is 1. The van der Waals surface area contributed by atoms with Crippen LogP contribution in [0.4, 0.5) is 0 Å². The van der Waals surface area contributed by atoms with Crippen LogP contribution in [0.15, 0.2) is 60.7 Å². The smallest absolute Gasteiger partial charge is 0.150 e. The van der Waals surface area contributed by atoms with Gasteiger partial charge in [-0.15, -0.1) is 0 Å². The zero-order valence-corrected chi connectivity index (χ0v) is 12.3. The van der Waals surface area contributed by atoms with Crippen molar-refractivity contribution in [3.05, 3.63) is 71.8 Å². The molecule has 3 rings (SSSR count). The van der Waals surface area contributed by atoms with E-state index < -0.39 is 0 Å². The molecule has 0 aliphatic rings. The normalized spacial score (nSPS) is 10.4. The quantitative estimate of drug-likeness (QED) is 0.660. The van der Waals surface area contributed by atoms with Crippen LogP contribution in [0, 0.1) is 0 Å². The molecule has 110 valence electrons. The van der Waals surface area contributed by atoms with Gasteiger partial charge in [-0.2, -0.15) is 0 Å². The van der Waals surface area contributed by atoms with Gasteiger partial charge in [0.15, 0.2) is 0 Å². The third-order valence-electron chi connectivity index (χ3n) is 3.55. The van der Waals surface area contributed by atoms with Gasteiger partial charge in [0.25, 0.3) is 0 Å². The zero-order valence-electron chi connectivity index (χ0n) is 12.3. The monoisotopic (exact) mass is 292 g/mol. The average molecular weight is 292 g/mol. The highest BCUT2D eigenvalue weighted by Crippen LogP contribution is 2.33. The molecule has 0 radical (unpaired) electrons. The minimum Gasteiger partial charge on any atom is -0.496 e. The highest BCUT2D eigenvalue weighted by Gasteiger charge is 2.07. The fraction of sp³-hybridized carbons (Fsp3) is 0.105. The highest BCUT2D eigenvalue weighted by atomic mass is 16.5. The summed E-state index contributed by atoms with van der Waals surface area (Å²) in [7, 11) is 1.66. The van der Waals surface area contributed by atoms with E-state index in [1.54, 1.807) is 13.2 Å². The van der Waals surface area contributed by atoms with Crippen molar-refractivity contribution in [1.82, 2.24) is 0 Å². The van der Waals surface area contributed by atoms with Crippen molar-refractivity contribution in [1.29, 1.82) is 0 Å². The first-order valence-corrected chi connectivity index (χ1v) is 7.04. The van der Waals surface area contributed by atoms with E-state index in [2.05, 4.69) is 0 Å². The number of hydrogen-bond donors (Lipinski definition) is 0. The summed E-state index contributed by atoms with van der Waals surface area (Å²) in [4.78, 5) is 10.8. The molecular weight excluding hydrogens is 276 g/mol. The molecule has 0 amide bonds. The second kappa shape index (κ2) is 6.31. The first-order valence-electron chi connectivity index (χ1n) is 7.04. The molecule has 0 saturated heterocycles. The standard InChI is InChI=1S/C19H16O3/c1-21-18-9-10-19(17-8-3-2-7-16(17)18)22-13-15-6-4-5-14(11-15)12-20/h2-12H,13H2,1H3. The van der Waals surface area contributed by atoms with Gasteiger partial charge in [-0.25, -0.2) is 0 Å². The van der Waals surface area contributed by atoms with Crippen LogP contribution in [0.1, 0.15) is 15.9 Å². The van der Waals surface area contributed by atoms with E-state index >= 15 is 0 Å². The fourth-order valence-electron chi connectivity index (χ4n) is 2.46. The number of ether oxygens (including phenoxy) is 2. The Morgan fingerprint density at radius 3 is 2.36 bits per heavy atom. The molecule has 3 nitrogen and oxygen atoms in total. The van der Waals surface area contributed by atoms with E-state index in [-0.39, 0.29) is 0 Å². The molecule has 0 fully saturated rings. The minimum absolute atomic E-state index is 0.415. The molecule has 0 atom stereocenters. The highest BCUT2D eigenvalue weighted by molar-refractivity contribution is 5.93. The summed E-state index contributed by atoms with van der Waals surface area (Å²) in [5.74, 6) is 1.62. The Balaban J connectivity index is 1.89. The summed E-state index contributed by atoms with van der Waals surface area (Å²) >= 11 is 0. The summed E-state index contributed by atoms with van der Waals surface area (Å²) in [5.41, 5.74) is 1.62. The molecule has 0 spiro atoms. The van der Waals surface area contributed by atoms with Crippen LogP contribution in [0.5, 0.6) is 11.5 Å². The van der Waals surface area contributed by atoms with Crippen molar-refractivity contribution in [2.45, 2.75) is 6.61 Å². The maximum atomic E-state index is 10.8. The van der Waals surface area contributed by atoms with Crippen molar-refractivity contribution >= 4 is 17.1 Å². The topological polar surface area (TPSA) is 35.5 Å². The summed E-state index contributed by atoms with van der Waals surface area (Å²) < 4.78 is 11.3. The van der Waals surface area contributed by atoms with Crippen LogP contribution < -0.4 is 9.47 Å². The van der Waals surface area contributed by atoms with E-state index in [9.17, 15) is 4.79 Å². The number of carbonyl (C=O) groups excluding carboxylic acids is 1. The Morgan fingerprint density at radius 1 is 0.909 bits per heavy atom. The molecule has 3 heteroatoms. The predicted octanol–water partition coefficient (Wildman–Crippen LogP) is 4.24. The molecule has 0 aromatic heterocycles. The number of aldehydes is 1. The first-order chi connectivity index (χ1) is 10.8. The summed E-state index contributed by atoms with van der Waals surface area (Å²) in [5, 5.41) is 2.03. The van der Waals surface area contributed by atoms with E-state index in [4.69, 9.17) is 9.47 Å². The number of fused-ring (bicyclic) bond motifs is 1. The van der Waals surface area contributed by atoms with Crippen LogP contribution in [-0.4, -0.2) is 13.4 Å². The van der Waals surface area contributed by atoms with E-state index in [0.717, 1.165) is 34.1 Å². The molecule has 0 bridgehead atoms. The van der Waals surface area contributed by atoms with Gasteiger partial charge in [0, 0.05) is 16.3 Å². The lowest BCUT2D eigenvalue weighted by molar-refractivity contribution is 0.112. The molecule has 22 heavy (non-hydrogen) atoms. The Morgan fingerprint density at radius 2 is 1.64 bits per heavy atom. The zero-order chi connectivity index (χ0) is 15.4. The van der Waals surface area contributed by atoms with Gasteiger partial charge in [0.2, 0.25) is 0 Å². The molecule has 0 saturated carbocycles. The van der Waals surface area contributed by atoms with Crippen molar-refractivity contribution < 1.29 is 14.3 Å². The Labute approximate surface area is 129 Å². The number of hydrogen-bond acceptors (Lipinski definition) is 3. The lowest BCUT2D eigenvalue weighted by Gasteiger charge is -2.12. The van der Waals surface area contributed by atoms with Gasteiger partial charge in [-0.3, -0.25) is 4.79 Å². The Kier molecular flexibility index (Phi) is 4.05. The molecule has 0 N–H and O–H groups in total. The van der Waals surface area contributed by atoms with Gasteiger partial charge in [0.05, 0.1) is 7.11 Å². The van der Waals surface area contributed by atoms with E-state index in [1.165, 1.54) is 0 Å². The third kappa shape index (κ3) is 2.79. The maximum Gasteiger partial charge on any atom is 0.150 e. The fourth-order valence-corrected chi connectivity index (χ4v) is 2.46. The Bertz CT molecular complexity index is 809. The number of rotatable bonds is 5. The van der Waals surface area contributed by atoms with Crippen LogP contribution in [0.3, 0.4) is 0 Å². The van der Waals surface area contributed by atoms with Crippen LogP contribution in [0.2, 0.25) is 0 Å². The summed E-state index contributed by atoms with van der Waals surface area (Å²) in [6.07, 6.45) is 0.840. The molecule has 0 aliphatic carbocycles. The molecular formula is C19H16O3. The molecule has 3 aromatic carbocycles. The van der Waals surface area contributed by atoms with Gasteiger partial charge < -0.3 is 9.47 Å². The Hall–Kier alpha value is -2.81. The third-order valence-corrected chi connectivity index (χ3v) is 3.55. The second-order valence-corrected chi connectivity index (χ2v) is 4.96. The lowest BCUT2D eigenvalue weighted by Crippen LogP contribution is -1.97. The second-order valence-electron chi connectivity index (χ2n) is 4.96. The molecule has 0 heterocycles. The largest absolute Gasteiger partial charge is 0.496 e. The molecule has 3 aromatic rings. The van der Waals surface area contributed by atoms with Gasteiger partial charge in [-0.1, -0.05) is 42.5 Å². The van der Waals surface area contributed by atoms with Crippen molar-refractivity contribution in [2.75, 3.05) is 7.11 Å². The van der Waals surface area contributed by atoms with Crippen molar-refractivity contribution in [3.63, 3.8) is 0 Å². The van der Waals surface area contributed by atoms with Crippen LogP contribution in [-0.2, 0) is 6.61 Å². The number of benzene rings is 3. The lowest BCUT2D eigenvalue weighted by atomic mass is 10.1. The summed E-state index contributed by atoms with van der Waals surface area (Å²) in [6, 6.07) is 19.2. The molecule has 0 aliphatic heterocycles. The number of methoxy groups -OCH3 is 1.